The number of piperidine rings is 1. The first-order valence-corrected chi connectivity index (χ1v) is 10.8. The van der Waals surface area contributed by atoms with E-state index >= 15 is 0 Å². The number of rotatable bonds is 3. The average Bonchev–Trinajstić information content (AvgIpc) is 3.15. The van der Waals surface area contributed by atoms with Crippen molar-refractivity contribution in [3.63, 3.8) is 0 Å². The van der Waals surface area contributed by atoms with E-state index in [4.69, 9.17) is 11.6 Å². The van der Waals surface area contributed by atoms with Gasteiger partial charge in [-0.2, -0.15) is 0 Å². The van der Waals surface area contributed by atoms with Gasteiger partial charge in [0.15, 0.2) is 0 Å². The van der Waals surface area contributed by atoms with Crippen LogP contribution in [0.25, 0.3) is 0 Å². The van der Waals surface area contributed by atoms with Gasteiger partial charge in [0.1, 0.15) is 0 Å². The summed E-state index contributed by atoms with van der Waals surface area (Å²) in [5.41, 5.74) is 1.61. The van der Waals surface area contributed by atoms with Crippen LogP contribution in [0.4, 0.5) is 9.80 Å². The Balaban J connectivity index is 1.45. The molecule has 2 aromatic rings. The van der Waals surface area contributed by atoms with Crippen LogP contribution in [-0.4, -0.2) is 41.5 Å². The normalized spacial score (nSPS) is 22.1. The minimum atomic E-state index is 0.0235. The molecule has 0 radical (unpaired) electrons. The fraction of sp³-hybridized carbons (Fsp3) is 0.476. The summed E-state index contributed by atoms with van der Waals surface area (Å²) in [4.78, 5) is 17.1. The van der Waals surface area contributed by atoms with Crippen LogP contribution in [-0.2, 0) is 0 Å². The molecule has 144 valence electrons. The van der Waals surface area contributed by atoms with E-state index in [9.17, 15) is 4.79 Å². The molecule has 0 aliphatic carbocycles. The standard InChI is InChI=1S/C21H26ClN3OS/c1-15(2)25-14-21(19(25)16-5-7-17(22)8-6-16)9-11-24(12-10-21)20(26)23-18-4-3-13-27-18/h3-8,13,15,19H,9-12,14H2,1-2H3,(H,23,26). The van der Waals surface area contributed by atoms with E-state index < -0.39 is 0 Å². The Morgan fingerprint density at radius 1 is 1.22 bits per heavy atom. The van der Waals surface area contributed by atoms with Crippen molar-refractivity contribution in [2.75, 3.05) is 25.0 Å². The molecule has 0 bridgehead atoms. The SMILES string of the molecule is CC(C)N1CC2(CCN(C(=O)Nc3cccs3)CC2)C1c1ccc(Cl)cc1. The van der Waals surface area contributed by atoms with Gasteiger partial charge in [-0.3, -0.25) is 10.2 Å². The molecule has 1 unspecified atom stereocenters. The summed E-state index contributed by atoms with van der Waals surface area (Å²) >= 11 is 7.66. The zero-order valence-corrected chi connectivity index (χ0v) is 17.4. The molecule has 3 heterocycles. The van der Waals surface area contributed by atoms with Crippen LogP contribution in [0.5, 0.6) is 0 Å². The van der Waals surface area contributed by atoms with Crippen LogP contribution < -0.4 is 5.32 Å². The molecule has 1 spiro atoms. The summed E-state index contributed by atoms with van der Waals surface area (Å²) in [7, 11) is 0. The van der Waals surface area contributed by atoms with Crippen molar-refractivity contribution in [1.82, 2.24) is 9.80 Å². The summed E-state index contributed by atoms with van der Waals surface area (Å²) in [6.07, 6.45) is 2.09. The number of carbonyl (C=O) groups is 1. The van der Waals surface area contributed by atoms with Crippen molar-refractivity contribution in [1.29, 1.82) is 0 Å². The van der Waals surface area contributed by atoms with Crippen molar-refractivity contribution in [3.8, 4) is 0 Å². The number of anilines is 1. The number of amides is 2. The number of hydrogen-bond donors (Lipinski definition) is 1. The van der Waals surface area contributed by atoms with Gasteiger partial charge in [0.05, 0.1) is 5.00 Å². The first kappa shape index (κ1) is 18.8. The van der Waals surface area contributed by atoms with Crippen molar-refractivity contribution in [3.05, 3.63) is 52.4 Å². The number of thiophene rings is 1. The predicted octanol–water partition coefficient (Wildman–Crippen LogP) is 5.48. The Bertz CT molecular complexity index is 782. The maximum Gasteiger partial charge on any atom is 0.322 e. The first-order valence-electron chi connectivity index (χ1n) is 9.59. The molecule has 1 atom stereocenters. The molecule has 2 aliphatic rings. The summed E-state index contributed by atoms with van der Waals surface area (Å²) in [6, 6.07) is 13.2. The lowest BCUT2D eigenvalue weighted by atomic mass is 9.62. The molecular formula is C21H26ClN3OS. The van der Waals surface area contributed by atoms with Gasteiger partial charge in [-0.15, -0.1) is 11.3 Å². The van der Waals surface area contributed by atoms with E-state index in [1.807, 2.05) is 34.5 Å². The number of hydrogen-bond acceptors (Lipinski definition) is 3. The molecule has 2 saturated heterocycles. The largest absolute Gasteiger partial charge is 0.324 e. The molecule has 0 saturated carbocycles. The molecule has 4 nitrogen and oxygen atoms in total. The Kier molecular flexibility index (Phi) is 5.19. The van der Waals surface area contributed by atoms with Gasteiger partial charge in [0, 0.05) is 42.2 Å². The van der Waals surface area contributed by atoms with Gasteiger partial charge < -0.3 is 4.90 Å². The van der Waals surface area contributed by atoms with Gasteiger partial charge in [-0.25, -0.2) is 4.79 Å². The van der Waals surface area contributed by atoms with Gasteiger partial charge in [0.25, 0.3) is 0 Å². The smallest absolute Gasteiger partial charge is 0.322 e. The summed E-state index contributed by atoms with van der Waals surface area (Å²) in [5, 5.41) is 6.68. The topological polar surface area (TPSA) is 35.6 Å². The van der Waals surface area contributed by atoms with Gasteiger partial charge in [-0.05, 0) is 61.9 Å². The zero-order chi connectivity index (χ0) is 19.0. The summed E-state index contributed by atoms with van der Waals surface area (Å²) < 4.78 is 0. The summed E-state index contributed by atoms with van der Waals surface area (Å²) in [5.74, 6) is 0. The van der Waals surface area contributed by atoms with Crippen LogP contribution in [0, 0.1) is 5.41 Å². The number of urea groups is 1. The highest BCUT2D eigenvalue weighted by atomic mass is 35.5. The van der Waals surface area contributed by atoms with Crippen molar-refractivity contribution < 1.29 is 4.79 Å². The minimum absolute atomic E-state index is 0.0235. The van der Waals surface area contributed by atoms with Crippen molar-refractivity contribution in [2.24, 2.45) is 5.41 Å². The third kappa shape index (κ3) is 3.60. The lowest BCUT2D eigenvalue weighted by molar-refractivity contribution is -0.123. The number of likely N-dealkylation sites (tertiary alicyclic amines) is 2. The molecule has 1 aromatic heterocycles. The van der Waals surface area contributed by atoms with Crippen LogP contribution in [0.3, 0.4) is 0 Å². The lowest BCUT2D eigenvalue weighted by Gasteiger charge is -2.62. The summed E-state index contributed by atoms with van der Waals surface area (Å²) in [6.45, 7) is 7.26. The fourth-order valence-corrected chi connectivity index (χ4v) is 5.31. The highest BCUT2D eigenvalue weighted by Gasteiger charge is 2.54. The third-order valence-electron chi connectivity index (χ3n) is 6.06. The van der Waals surface area contributed by atoms with Gasteiger partial charge in [-0.1, -0.05) is 23.7 Å². The van der Waals surface area contributed by atoms with Gasteiger partial charge in [0.2, 0.25) is 0 Å². The molecule has 2 amide bonds. The van der Waals surface area contributed by atoms with E-state index in [1.165, 1.54) is 5.56 Å². The number of halogens is 1. The van der Waals surface area contributed by atoms with Gasteiger partial charge >= 0.3 is 6.03 Å². The Morgan fingerprint density at radius 2 is 1.93 bits per heavy atom. The number of nitrogens with zero attached hydrogens (tertiary/aromatic N) is 2. The second-order valence-corrected chi connectivity index (χ2v) is 9.36. The van der Waals surface area contributed by atoms with E-state index in [-0.39, 0.29) is 11.4 Å². The first-order chi connectivity index (χ1) is 13.0. The van der Waals surface area contributed by atoms with E-state index in [2.05, 4.69) is 36.2 Å². The predicted molar refractivity (Wildman–Crippen MR) is 113 cm³/mol. The number of carbonyl (C=O) groups excluding carboxylic acids is 1. The Hall–Kier alpha value is -1.56. The number of benzene rings is 1. The quantitative estimate of drug-likeness (QED) is 0.736. The molecule has 27 heavy (non-hydrogen) atoms. The van der Waals surface area contributed by atoms with Crippen molar-refractivity contribution >= 4 is 34.0 Å². The van der Waals surface area contributed by atoms with Crippen LogP contribution in [0.15, 0.2) is 41.8 Å². The second-order valence-electron chi connectivity index (χ2n) is 7.98. The van der Waals surface area contributed by atoms with E-state index in [0.29, 0.717) is 12.1 Å². The molecule has 2 fully saturated rings. The third-order valence-corrected chi connectivity index (χ3v) is 7.09. The molecule has 1 aromatic carbocycles. The van der Waals surface area contributed by atoms with Crippen molar-refractivity contribution in [2.45, 2.75) is 38.8 Å². The Morgan fingerprint density at radius 3 is 2.52 bits per heavy atom. The second kappa shape index (κ2) is 7.46. The molecule has 4 rings (SSSR count). The van der Waals surface area contributed by atoms with Crippen LogP contribution in [0.2, 0.25) is 5.02 Å². The molecular weight excluding hydrogens is 378 g/mol. The average molecular weight is 404 g/mol. The lowest BCUT2D eigenvalue weighted by Crippen LogP contribution is -2.64. The molecule has 2 aliphatic heterocycles. The fourth-order valence-electron chi connectivity index (χ4n) is 4.57. The monoisotopic (exact) mass is 403 g/mol. The minimum Gasteiger partial charge on any atom is -0.324 e. The maximum atomic E-state index is 12.5. The van der Waals surface area contributed by atoms with E-state index in [1.54, 1.807) is 11.3 Å². The highest BCUT2D eigenvalue weighted by molar-refractivity contribution is 7.14. The highest BCUT2D eigenvalue weighted by Crippen LogP contribution is 2.55. The maximum absolute atomic E-state index is 12.5. The molecule has 1 N–H and O–H groups in total. The Labute approximate surface area is 170 Å². The number of nitrogens with one attached hydrogen (secondary N) is 1. The zero-order valence-electron chi connectivity index (χ0n) is 15.8. The van der Waals surface area contributed by atoms with E-state index in [0.717, 1.165) is 42.5 Å². The molecule has 6 heteroatoms. The van der Waals surface area contributed by atoms with Crippen LogP contribution >= 0.6 is 22.9 Å². The van der Waals surface area contributed by atoms with Crippen LogP contribution in [0.1, 0.15) is 38.3 Å².